The van der Waals surface area contributed by atoms with E-state index in [9.17, 15) is 4.79 Å². The first kappa shape index (κ1) is 18.3. The van der Waals surface area contributed by atoms with Crippen LogP contribution in [0.2, 0.25) is 5.02 Å². The Labute approximate surface area is 161 Å². The van der Waals surface area contributed by atoms with Gasteiger partial charge in [0, 0.05) is 15.6 Å². The summed E-state index contributed by atoms with van der Waals surface area (Å²) in [6.45, 7) is 3.88. The van der Waals surface area contributed by atoms with Gasteiger partial charge in [-0.05, 0) is 77.7 Å². The van der Waals surface area contributed by atoms with Crippen molar-refractivity contribution in [2.45, 2.75) is 38.6 Å². The number of hydrogen-bond donors (Lipinski definition) is 2. The highest BCUT2D eigenvalue weighted by molar-refractivity contribution is 9.10. The van der Waals surface area contributed by atoms with Crippen molar-refractivity contribution in [3.8, 4) is 11.1 Å². The minimum atomic E-state index is -0.966. The molecule has 1 atom stereocenters. The van der Waals surface area contributed by atoms with Crippen LogP contribution in [0.1, 0.15) is 31.4 Å². The van der Waals surface area contributed by atoms with Crippen molar-refractivity contribution in [3.63, 3.8) is 0 Å². The maximum Gasteiger partial charge on any atom is 0.405 e. The van der Waals surface area contributed by atoms with Crippen LogP contribution in [0.3, 0.4) is 0 Å². The van der Waals surface area contributed by atoms with E-state index in [1.54, 1.807) is 0 Å². The first-order chi connectivity index (χ1) is 11.7. The Morgan fingerprint density at radius 1 is 1.28 bits per heavy atom. The SMILES string of the molecule is CC(C)(CC1Cc2ccc(-c3cccc(Br)c3Cl)cc2C1)NC(=O)O. The number of carboxylic acid groups (broad SMARTS) is 1. The number of fused-ring (bicyclic) bond motifs is 1. The van der Waals surface area contributed by atoms with Gasteiger partial charge >= 0.3 is 6.09 Å². The average Bonchev–Trinajstić information content (AvgIpc) is 2.88. The van der Waals surface area contributed by atoms with E-state index in [-0.39, 0.29) is 0 Å². The summed E-state index contributed by atoms with van der Waals surface area (Å²) < 4.78 is 0.895. The molecular weight excluding hydrogens is 402 g/mol. The molecule has 0 aromatic heterocycles. The number of carbonyl (C=O) groups is 1. The Bertz CT molecular complexity index is 819. The van der Waals surface area contributed by atoms with Crippen molar-refractivity contribution < 1.29 is 9.90 Å². The predicted octanol–water partition coefficient (Wildman–Crippen LogP) is 5.92. The van der Waals surface area contributed by atoms with Gasteiger partial charge in [-0.25, -0.2) is 4.79 Å². The van der Waals surface area contributed by atoms with Gasteiger partial charge in [-0.15, -0.1) is 0 Å². The molecule has 1 amide bonds. The number of halogens is 2. The minimum Gasteiger partial charge on any atom is -0.465 e. The molecule has 0 aliphatic heterocycles. The second-order valence-electron chi connectivity index (χ2n) is 7.38. The van der Waals surface area contributed by atoms with Crippen molar-refractivity contribution in [2.75, 3.05) is 0 Å². The molecule has 132 valence electrons. The number of rotatable bonds is 4. The lowest BCUT2D eigenvalue weighted by atomic mass is 9.89. The predicted molar refractivity (Wildman–Crippen MR) is 105 cm³/mol. The zero-order chi connectivity index (χ0) is 18.2. The average molecular weight is 423 g/mol. The van der Waals surface area contributed by atoms with E-state index in [0.29, 0.717) is 5.92 Å². The van der Waals surface area contributed by atoms with Crippen LogP contribution in [0.15, 0.2) is 40.9 Å². The van der Waals surface area contributed by atoms with Crippen molar-refractivity contribution in [1.82, 2.24) is 5.32 Å². The van der Waals surface area contributed by atoms with E-state index in [4.69, 9.17) is 16.7 Å². The molecule has 0 fully saturated rings. The number of hydrogen-bond acceptors (Lipinski definition) is 1. The third-order valence-corrected chi connectivity index (χ3v) is 6.03. The molecule has 0 spiro atoms. The summed E-state index contributed by atoms with van der Waals surface area (Å²) in [4.78, 5) is 10.9. The summed E-state index contributed by atoms with van der Waals surface area (Å²) in [5.74, 6) is 0.449. The van der Waals surface area contributed by atoms with Crippen LogP contribution < -0.4 is 5.32 Å². The molecule has 1 aliphatic carbocycles. The van der Waals surface area contributed by atoms with Crippen LogP contribution in [-0.4, -0.2) is 16.7 Å². The Balaban J connectivity index is 1.79. The molecule has 2 aromatic rings. The maximum absolute atomic E-state index is 10.9. The molecule has 0 heterocycles. The second-order valence-corrected chi connectivity index (χ2v) is 8.61. The summed E-state index contributed by atoms with van der Waals surface area (Å²) in [6, 6.07) is 12.5. The van der Waals surface area contributed by atoms with Gasteiger partial charge in [-0.3, -0.25) is 0 Å². The molecule has 0 radical (unpaired) electrons. The molecule has 0 bridgehead atoms. The standard InChI is InChI=1S/C20H21BrClNO2/c1-20(2,23-19(24)25)11-12-8-13-6-7-14(10-15(13)9-12)16-4-3-5-17(21)18(16)22/h3-7,10,12,23H,8-9,11H2,1-2H3,(H,24,25). The Morgan fingerprint density at radius 3 is 2.72 bits per heavy atom. The molecule has 5 heteroatoms. The topological polar surface area (TPSA) is 49.3 Å². The molecule has 1 unspecified atom stereocenters. The lowest BCUT2D eigenvalue weighted by Crippen LogP contribution is -2.44. The van der Waals surface area contributed by atoms with Gasteiger partial charge in [0.05, 0.1) is 5.02 Å². The first-order valence-corrected chi connectivity index (χ1v) is 9.49. The summed E-state index contributed by atoms with van der Waals surface area (Å²) >= 11 is 9.91. The van der Waals surface area contributed by atoms with Gasteiger partial charge in [0.25, 0.3) is 0 Å². The van der Waals surface area contributed by atoms with Crippen LogP contribution >= 0.6 is 27.5 Å². The van der Waals surface area contributed by atoms with E-state index < -0.39 is 11.6 Å². The van der Waals surface area contributed by atoms with E-state index in [1.165, 1.54) is 11.1 Å². The van der Waals surface area contributed by atoms with Gasteiger partial charge in [0.1, 0.15) is 0 Å². The highest BCUT2D eigenvalue weighted by atomic mass is 79.9. The van der Waals surface area contributed by atoms with E-state index in [2.05, 4.69) is 39.4 Å². The van der Waals surface area contributed by atoms with Gasteiger partial charge in [0.15, 0.2) is 0 Å². The van der Waals surface area contributed by atoms with Crippen LogP contribution in [0.5, 0.6) is 0 Å². The van der Waals surface area contributed by atoms with Gasteiger partial charge in [0.2, 0.25) is 0 Å². The Hall–Kier alpha value is -1.52. The lowest BCUT2D eigenvalue weighted by Gasteiger charge is -2.27. The summed E-state index contributed by atoms with van der Waals surface area (Å²) in [7, 11) is 0. The van der Waals surface area contributed by atoms with E-state index in [0.717, 1.165) is 39.9 Å². The molecule has 0 saturated carbocycles. The number of nitrogens with one attached hydrogen (secondary N) is 1. The van der Waals surface area contributed by atoms with Crippen molar-refractivity contribution in [2.24, 2.45) is 5.92 Å². The van der Waals surface area contributed by atoms with Crippen LogP contribution in [0.4, 0.5) is 4.79 Å². The third kappa shape index (κ3) is 4.18. The quantitative estimate of drug-likeness (QED) is 0.642. The first-order valence-electron chi connectivity index (χ1n) is 8.32. The highest BCUT2D eigenvalue weighted by Gasteiger charge is 2.29. The fourth-order valence-corrected chi connectivity index (χ4v) is 4.41. The smallest absolute Gasteiger partial charge is 0.405 e. The molecule has 25 heavy (non-hydrogen) atoms. The Morgan fingerprint density at radius 2 is 2.00 bits per heavy atom. The Kier molecular flexibility index (Phi) is 5.12. The maximum atomic E-state index is 10.9. The van der Waals surface area contributed by atoms with Gasteiger partial charge in [-0.2, -0.15) is 0 Å². The second kappa shape index (κ2) is 7.00. The van der Waals surface area contributed by atoms with Crippen molar-refractivity contribution in [1.29, 1.82) is 0 Å². The number of amides is 1. The van der Waals surface area contributed by atoms with E-state index >= 15 is 0 Å². The highest BCUT2D eigenvalue weighted by Crippen LogP contribution is 2.38. The van der Waals surface area contributed by atoms with Crippen LogP contribution in [0, 0.1) is 5.92 Å². The number of benzene rings is 2. The molecule has 3 rings (SSSR count). The zero-order valence-corrected chi connectivity index (χ0v) is 16.6. The van der Waals surface area contributed by atoms with Gasteiger partial charge in [-0.1, -0.05) is 41.9 Å². The van der Waals surface area contributed by atoms with Crippen LogP contribution in [-0.2, 0) is 12.8 Å². The molecule has 2 N–H and O–H groups in total. The summed E-state index contributed by atoms with van der Waals surface area (Å²) in [5.41, 5.74) is 4.41. The molecule has 2 aromatic carbocycles. The van der Waals surface area contributed by atoms with Crippen LogP contribution in [0.25, 0.3) is 11.1 Å². The minimum absolute atomic E-state index is 0.422. The molecule has 3 nitrogen and oxygen atoms in total. The molecule has 0 saturated heterocycles. The monoisotopic (exact) mass is 421 g/mol. The summed E-state index contributed by atoms with van der Waals surface area (Å²) in [6.07, 6.45) is 1.82. The van der Waals surface area contributed by atoms with E-state index in [1.807, 2.05) is 32.0 Å². The lowest BCUT2D eigenvalue weighted by molar-refractivity contribution is 0.177. The van der Waals surface area contributed by atoms with Gasteiger partial charge < -0.3 is 10.4 Å². The van der Waals surface area contributed by atoms with Crippen molar-refractivity contribution >= 4 is 33.6 Å². The fourth-order valence-electron chi connectivity index (χ4n) is 3.81. The largest absolute Gasteiger partial charge is 0.465 e. The third-order valence-electron chi connectivity index (χ3n) is 4.73. The summed E-state index contributed by atoms with van der Waals surface area (Å²) in [5, 5.41) is 12.3. The normalized spacial score (nSPS) is 16.6. The fraction of sp³-hybridized carbons (Fsp3) is 0.350. The zero-order valence-electron chi connectivity index (χ0n) is 14.3. The molecule has 1 aliphatic rings. The van der Waals surface area contributed by atoms with Crippen molar-refractivity contribution in [3.05, 3.63) is 57.0 Å². The molecular formula is C20H21BrClNO2.